The minimum Gasteiger partial charge on any atom is -0.478 e. The van der Waals surface area contributed by atoms with Crippen LogP contribution < -0.4 is 10.2 Å². The van der Waals surface area contributed by atoms with Gasteiger partial charge in [-0.15, -0.1) is 0 Å². The van der Waals surface area contributed by atoms with E-state index in [1.54, 1.807) is 7.05 Å². The Bertz CT molecular complexity index is 528. The Morgan fingerprint density at radius 2 is 2.10 bits per heavy atom. The zero-order valence-electron chi connectivity index (χ0n) is 11.1. The van der Waals surface area contributed by atoms with E-state index in [0.717, 1.165) is 12.8 Å². The number of nitrogens with zero attached hydrogens (tertiary/aromatic N) is 2. The number of halogens is 1. The molecule has 1 fully saturated rings. The number of carbonyl (C=O) groups excluding carboxylic acids is 1. The number of amides is 1. The summed E-state index contributed by atoms with van der Waals surface area (Å²) in [7, 11) is 1.63. The number of carbonyl (C=O) groups is 2. The third kappa shape index (κ3) is 3.01. The molecule has 2 heterocycles. The first-order valence-corrected chi connectivity index (χ1v) is 6.76. The molecule has 0 atom stereocenters. The molecule has 1 aromatic rings. The van der Waals surface area contributed by atoms with Gasteiger partial charge in [0.1, 0.15) is 5.82 Å². The quantitative estimate of drug-likeness (QED) is 0.881. The van der Waals surface area contributed by atoms with Gasteiger partial charge in [-0.3, -0.25) is 4.79 Å². The van der Waals surface area contributed by atoms with Gasteiger partial charge in [-0.2, -0.15) is 0 Å². The van der Waals surface area contributed by atoms with Gasteiger partial charge in [-0.25, -0.2) is 9.78 Å². The average molecular weight is 298 g/mol. The number of pyridine rings is 1. The van der Waals surface area contributed by atoms with E-state index in [1.165, 1.54) is 12.3 Å². The highest BCUT2D eigenvalue weighted by Gasteiger charge is 2.25. The normalized spacial score (nSPS) is 16.0. The van der Waals surface area contributed by atoms with Gasteiger partial charge in [0.05, 0.1) is 10.6 Å². The van der Waals surface area contributed by atoms with Crippen LogP contribution in [0.5, 0.6) is 0 Å². The Hall–Kier alpha value is -1.82. The first kappa shape index (κ1) is 14.6. The average Bonchev–Trinajstić information content (AvgIpc) is 2.47. The summed E-state index contributed by atoms with van der Waals surface area (Å²) in [5, 5.41) is 11.8. The molecule has 2 N–H and O–H groups in total. The third-order valence-electron chi connectivity index (χ3n) is 3.51. The largest absolute Gasteiger partial charge is 0.478 e. The highest BCUT2D eigenvalue weighted by molar-refractivity contribution is 6.33. The van der Waals surface area contributed by atoms with E-state index in [9.17, 15) is 9.59 Å². The second kappa shape index (κ2) is 6.09. The van der Waals surface area contributed by atoms with Crippen LogP contribution in [0.15, 0.2) is 12.3 Å². The molecular formula is C13H16ClN3O3. The van der Waals surface area contributed by atoms with Gasteiger partial charge >= 0.3 is 5.97 Å². The molecule has 20 heavy (non-hydrogen) atoms. The maximum Gasteiger partial charge on any atom is 0.337 e. The molecule has 1 aliphatic heterocycles. The van der Waals surface area contributed by atoms with Gasteiger partial charge in [0.25, 0.3) is 0 Å². The maximum atomic E-state index is 11.6. The predicted molar refractivity (Wildman–Crippen MR) is 75.2 cm³/mol. The van der Waals surface area contributed by atoms with E-state index in [1.807, 2.05) is 4.90 Å². The molecule has 1 aromatic heterocycles. The lowest BCUT2D eigenvalue weighted by Crippen LogP contribution is -2.40. The van der Waals surface area contributed by atoms with Crippen LogP contribution in [0.25, 0.3) is 0 Å². The van der Waals surface area contributed by atoms with Crippen LogP contribution in [0.3, 0.4) is 0 Å². The van der Waals surface area contributed by atoms with Crippen molar-refractivity contribution < 1.29 is 14.7 Å². The van der Waals surface area contributed by atoms with Crippen molar-refractivity contribution in [3.63, 3.8) is 0 Å². The van der Waals surface area contributed by atoms with E-state index < -0.39 is 5.97 Å². The number of rotatable bonds is 3. The minimum absolute atomic E-state index is 0.0162. The Morgan fingerprint density at radius 1 is 1.45 bits per heavy atom. The summed E-state index contributed by atoms with van der Waals surface area (Å²) in [6.45, 7) is 1.34. The van der Waals surface area contributed by atoms with Gasteiger partial charge in [-0.1, -0.05) is 11.6 Å². The molecule has 0 bridgehead atoms. The molecular weight excluding hydrogens is 282 g/mol. The van der Waals surface area contributed by atoms with E-state index in [0.29, 0.717) is 18.9 Å². The molecule has 0 saturated carbocycles. The van der Waals surface area contributed by atoms with Crippen LogP contribution in [0, 0.1) is 5.92 Å². The molecule has 0 radical (unpaired) electrons. The molecule has 0 aromatic carbocycles. The highest BCUT2D eigenvalue weighted by atomic mass is 35.5. The van der Waals surface area contributed by atoms with Crippen molar-refractivity contribution in [2.24, 2.45) is 5.92 Å². The van der Waals surface area contributed by atoms with Crippen LogP contribution in [-0.2, 0) is 4.79 Å². The van der Waals surface area contributed by atoms with Crippen LogP contribution in [0.4, 0.5) is 5.82 Å². The van der Waals surface area contributed by atoms with E-state index in [2.05, 4.69) is 10.3 Å². The molecule has 0 unspecified atom stereocenters. The fourth-order valence-electron chi connectivity index (χ4n) is 2.34. The summed E-state index contributed by atoms with van der Waals surface area (Å²) >= 11 is 5.80. The van der Waals surface area contributed by atoms with E-state index in [4.69, 9.17) is 16.7 Å². The molecule has 2 rings (SSSR count). The second-order valence-electron chi connectivity index (χ2n) is 4.70. The topological polar surface area (TPSA) is 82.5 Å². The highest BCUT2D eigenvalue weighted by Crippen LogP contribution is 2.25. The minimum atomic E-state index is -1.07. The molecule has 1 saturated heterocycles. The van der Waals surface area contributed by atoms with Crippen LogP contribution in [-0.4, -0.2) is 42.1 Å². The maximum absolute atomic E-state index is 11.6. The predicted octanol–water partition coefficient (Wildman–Crippen LogP) is 1.40. The van der Waals surface area contributed by atoms with Gasteiger partial charge in [0.2, 0.25) is 5.91 Å². The molecule has 6 nitrogen and oxygen atoms in total. The standard InChI is InChI=1S/C13H16ClN3O3/c1-15-12(18)8-2-4-17(5-3-8)11-6-9(13(19)20)10(14)7-16-11/h6-8H,2-5H2,1H3,(H,15,18)(H,19,20). The van der Waals surface area contributed by atoms with Crippen molar-refractivity contribution in [1.29, 1.82) is 0 Å². The Kier molecular flexibility index (Phi) is 4.44. The molecule has 108 valence electrons. The Labute approximate surface area is 121 Å². The van der Waals surface area contributed by atoms with Crippen molar-refractivity contribution >= 4 is 29.3 Å². The summed E-state index contributed by atoms with van der Waals surface area (Å²) in [6.07, 6.45) is 2.81. The monoisotopic (exact) mass is 297 g/mol. The molecule has 1 amide bonds. The number of aromatic nitrogens is 1. The fourth-order valence-corrected chi connectivity index (χ4v) is 2.52. The zero-order chi connectivity index (χ0) is 14.7. The zero-order valence-corrected chi connectivity index (χ0v) is 11.9. The Morgan fingerprint density at radius 3 is 2.65 bits per heavy atom. The molecule has 7 heteroatoms. The van der Waals surface area contributed by atoms with E-state index >= 15 is 0 Å². The summed E-state index contributed by atoms with van der Waals surface area (Å²) in [4.78, 5) is 28.8. The van der Waals surface area contributed by atoms with E-state index in [-0.39, 0.29) is 22.4 Å². The Balaban J connectivity index is 2.09. The number of carboxylic acid groups (broad SMARTS) is 1. The molecule has 0 aliphatic carbocycles. The number of aromatic carboxylic acids is 1. The number of nitrogens with one attached hydrogen (secondary N) is 1. The van der Waals surface area contributed by atoms with Gasteiger partial charge < -0.3 is 15.3 Å². The fraction of sp³-hybridized carbons (Fsp3) is 0.462. The van der Waals surface area contributed by atoms with Crippen molar-refractivity contribution in [3.05, 3.63) is 22.8 Å². The smallest absolute Gasteiger partial charge is 0.337 e. The number of carboxylic acids is 1. The van der Waals surface area contributed by atoms with Gasteiger partial charge in [0.15, 0.2) is 0 Å². The van der Waals surface area contributed by atoms with Crippen LogP contribution >= 0.6 is 11.6 Å². The third-order valence-corrected chi connectivity index (χ3v) is 3.81. The molecule has 1 aliphatic rings. The first-order chi connectivity index (χ1) is 9.52. The summed E-state index contributed by atoms with van der Waals surface area (Å²) in [5.41, 5.74) is 0.0464. The summed E-state index contributed by atoms with van der Waals surface area (Å²) in [5.74, 6) is -0.413. The van der Waals surface area contributed by atoms with Crippen molar-refractivity contribution in [3.8, 4) is 0 Å². The number of hydrogen-bond acceptors (Lipinski definition) is 4. The van der Waals surface area contributed by atoms with Crippen molar-refractivity contribution in [2.75, 3.05) is 25.0 Å². The lowest BCUT2D eigenvalue weighted by Gasteiger charge is -2.32. The van der Waals surface area contributed by atoms with Gasteiger partial charge in [-0.05, 0) is 18.9 Å². The lowest BCUT2D eigenvalue weighted by molar-refractivity contribution is -0.125. The number of piperidine rings is 1. The number of hydrogen-bond donors (Lipinski definition) is 2. The lowest BCUT2D eigenvalue weighted by atomic mass is 9.96. The van der Waals surface area contributed by atoms with Crippen molar-refractivity contribution in [1.82, 2.24) is 10.3 Å². The van der Waals surface area contributed by atoms with Gasteiger partial charge in [0, 0.05) is 32.3 Å². The van der Waals surface area contributed by atoms with Crippen molar-refractivity contribution in [2.45, 2.75) is 12.8 Å². The van der Waals surface area contributed by atoms with Crippen LogP contribution in [0.1, 0.15) is 23.2 Å². The summed E-state index contributed by atoms with van der Waals surface area (Å²) < 4.78 is 0. The van der Waals surface area contributed by atoms with Crippen LogP contribution in [0.2, 0.25) is 5.02 Å². The second-order valence-corrected chi connectivity index (χ2v) is 5.11. The first-order valence-electron chi connectivity index (χ1n) is 6.38. The summed E-state index contributed by atoms with van der Waals surface area (Å²) in [6, 6.07) is 1.48. The number of anilines is 1. The molecule has 0 spiro atoms. The SMILES string of the molecule is CNC(=O)C1CCN(c2cc(C(=O)O)c(Cl)cn2)CC1.